The Morgan fingerprint density at radius 2 is 1.71 bits per heavy atom. The molecule has 12 heteroatoms. The largest absolute Gasteiger partial charge is 0.501 e. The Morgan fingerprint density at radius 3 is 2.32 bits per heavy atom. The van der Waals surface area contributed by atoms with Crippen LogP contribution in [-0.4, -0.2) is 46.2 Å². The van der Waals surface area contributed by atoms with Crippen LogP contribution in [-0.2, 0) is 16.4 Å². The van der Waals surface area contributed by atoms with Crippen molar-refractivity contribution in [3.05, 3.63) is 64.3 Å². The van der Waals surface area contributed by atoms with Gasteiger partial charge in [0, 0.05) is 19.3 Å². The maximum absolute atomic E-state index is 13.1. The first-order valence-corrected chi connectivity index (χ1v) is 12.1. The van der Waals surface area contributed by atoms with Gasteiger partial charge in [0.1, 0.15) is 5.82 Å². The zero-order valence-corrected chi connectivity index (χ0v) is 19.1. The number of hydrogen-bond donors (Lipinski definition) is 1. The Balaban J connectivity index is 1.65. The molecular formula is C22H23F3N4O4S. The summed E-state index contributed by atoms with van der Waals surface area (Å²) in [6.07, 6.45) is 5.02. The van der Waals surface area contributed by atoms with Crippen molar-refractivity contribution < 1.29 is 26.7 Å². The molecule has 1 N–H and O–H groups in total. The number of rotatable bonds is 5. The number of halogens is 3. The number of hydrogen-bond acceptors (Lipinski definition) is 6. The molecule has 1 aliphatic heterocycles. The minimum Gasteiger partial charge on any atom is -0.493 e. The summed E-state index contributed by atoms with van der Waals surface area (Å²) in [6, 6.07) is 7.26. The molecule has 0 unspecified atom stereocenters. The molecule has 1 saturated heterocycles. The molecule has 0 radical (unpaired) electrons. The summed E-state index contributed by atoms with van der Waals surface area (Å²) in [4.78, 5) is 18.7. The van der Waals surface area contributed by atoms with Gasteiger partial charge in [0.25, 0.3) is 9.84 Å². The monoisotopic (exact) mass is 496 g/mol. The van der Waals surface area contributed by atoms with Gasteiger partial charge in [-0.25, -0.2) is 22.8 Å². The van der Waals surface area contributed by atoms with Gasteiger partial charge in [-0.15, -0.1) is 0 Å². The molecule has 0 saturated carbocycles. The molecule has 0 spiro atoms. The molecule has 0 bridgehead atoms. The predicted octanol–water partition coefficient (Wildman–Crippen LogP) is 3.38. The van der Waals surface area contributed by atoms with Crippen LogP contribution in [0.1, 0.15) is 30.5 Å². The Hall–Kier alpha value is -3.28. The highest BCUT2D eigenvalue weighted by Gasteiger charge is 2.46. The minimum atomic E-state index is -5.52. The second kappa shape index (κ2) is 8.82. The molecule has 8 nitrogen and oxygen atoms in total. The van der Waals surface area contributed by atoms with Crippen molar-refractivity contribution in [3.8, 4) is 11.6 Å². The number of benzene rings is 1. The lowest BCUT2D eigenvalue weighted by molar-refractivity contribution is -0.0436. The Kier molecular flexibility index (Phi) is 6.19. The van der Waals surface area contributed by atoms with Gasteiger partial charge >= 0.3 is 11.2 Å². The summed E-state index contributed by atoms with van der Waals surface area (Å²) in [5, 5.41) is 10.6. The van der Waals surface area contributed by atoms with Crippen LogP contribution in [0.3, 0.4) is 0 Å². The van der Waals surface area contributed by atoms with Crippen LogP contribution in [0.5, 0.6) is 5.88 Å². The van der Waals surface area contributed by atoms with Crippen LogP contribution in [0.2, 0.25) is 0 Å². The quantitative estimate of drug-likeness (QED) is 0.582. The highest BCUT2D eigenvalue weighted by atomic mass is 32.2. The zero-order valence-electron chi connectivity index (χ0n) is 18.3. The minimum absolute atomic E-state index is 0.0363. The summed E-state index contributed by atoms with van der Waals surface area (Å²) in [6.45, 7) is 3.51. The van der Waals surface area contributed by atoms with Crippen molar-refractivity contribution in [3.63, 3.8) is 0 Å². The van der Waals surface area contributed by atoms with Crippen molar-refractivity contribution >= 4 is 15.7 Å². The van der Waals surface area contributed by atoms with E-state index >= 15 is 0 Å². The number of pyridine rings is 1. The fraction of sp³-hybridized carbons (Fsp3) is 0.364. The maximum atomic E-state index is 13.1. The van der Waals surface area contributed by atoms with Crippen molar-refractivity contribution in [2.24, 2.45) is 0 Å². The number of aromatic hydroxyl groups is 1. The summed E-state index contributed by atoms with van der Waals surface area (Å²) in [5.74, 6) is 0.426. The van der Waals surface area contributed by atoms with Crippen molar-refractivity contribution in [2.45, 2.75) is 43.1 Å². The number of anilines is 1. The number of alkyl halides is 3. The van der Waals surface area contributed by atoms with Gasteiger partial charge in [-0.3, -0.25) is 4.57 Å². The second-order valence-corrected chi connectivity index (χ2v) is 10.1. The number of imidazole rings is 1. The van der Waals surface area contributed by atoms with Crippen molar-refractivity contribution in [1.82, 2.24) is 14.1 Å². The number of nitrogens with zero attached hydrogens (tertiary/aromatic N) is 4. The molecule has 4 rings (SSSR count). The Bertz CT molecular complexity index is 1360. The van der Waals surface area contributed by atoms with Crippen LogP contribution in [0.25, 0.3) is 5.69 Å². The molecule has 1 aromatic carbocycles. The molecule has 3 aromatic rings. The average molecular weight is 497 g/mol. The predicted molar refractivity (Wildman–Crippen MR) is 119 cm³/mol. The smallest absolute Gasteiger partial charge is 0.493 e. The van der Waals surface area contributed by atoms with Crippen LogP contribution < -0.4 is 10.6 Å². The summed E-state index contributed by atoms with van der Waals surface area (Å²) >= 11 is 0. The lowest BCUT2D eigenvalue weighted by Crippen LogP contribution is -2.30. The van der Waals surface area contributed by atoms with E-state index in [9.17, 15) is 31.5 Å². The molecule has 0 aliphatic carbocycles. The van der Waals surface area contributed by atoms with Gasteiger partial charge in [-0.05, 0) is 68.1 Å². The third kappa shape index (κ3) is 4.29. The Morgan fingerprint density at radius 1 is 1.06 bits per heavy atom. The highest BCUT2D eigenvalue weighted by molar-refractivity contribution is 7.92. The van der Waals surface area contributed by atoms with Crippen molar-refractivity contribution in [2.75, 3.05) is 18.0 Å². The standard InChI is InChI=1S/C22H23F3N4O4S/c1-15-20(30)29(17-5-7-18(8-6-17)34(32,33)22(23,24)25)21(31)28(15)14-16-9-10-26-19(13-16)27-11-3-2-4-12-27/h5-10,13,30H,2-4,11-12,14H2,1H3. The molecule has 0 atom stereocenters. The number of sulfone groups is 1. The lowest BCUT2D eigenvalue weighted by atomic mass is 10.1. The second-order valence-electron chi connectivity index (χ2n) is 8.13. The van der Waals surface area contributed by atoms with Gasteiger partial charge in [0.2, 0.25) is 5.88 Å². The molecule has 182 valence electrons. The van der Waals surface area contributed by atoms with Gasteiger partial charge in [-0.1, -0.05) is 0 Å². The van der Waals surface area contributed by atoms with E-state index in [0.29, 0.717) is 0 Å². The maximum Gasteiger partial charge on any atom is 0.501 e. The summed E-state index contributed by atoms with van der Waals surface area (Å²) in [5.41, 5.74) is -4.96. The van der Waals surface area contributed by atoms with E-state index in [2.05, 4.69) is 9.88 Å². The molecule has 3 heterocycles. The van der Waals surface area contributed by atoms with Crippen LogP contribution in [0.4, 0.5) is 19.0 Å². The van der Waals surface area contributed by atoms with Gasteiger partial charge < -0.3 is 10.0 Å². The van der Waals surface area contributed by atoms with E-state index in [-0.39, 0.29) is 23.8 Å². The third-order valence-corrected chi connectivity index (χ3v) is 7.41. The summed E-state index contributed by atoms with van der Waals surface area (Å²) in [7, 11) is -5.52. The Labute approximate surface area is 193 Å². The average Bonchev–Trinajstić information content (AvgIpc) is 3.02. The fourth-order valence-corrected chi connectivity index (χ4v) is 4.76. The van der Waals surface area contributed by atoms with E-state index in [0.717, 1.165) is 66.1 Å². The topological polar surface area (TPSA) is 97.4 Å². The number of piperidine rings is 1. The first-order chi connectivity index (χ1) is 16.0. The molecule has 34 heavy (non-hydrogen) atoms. The molecule has 2 aromatic heterocycles. The van der Waals surface area contributed by atoms with E-state index in [1.165, 1.54) is 11.0 Å². The molecular weight excluding hydrogens is 473 g/mol. The first kappa shape index (κ1) is 23.9. The van der Waals surface area contributed by atoms with E-state index in [1.807, 2.05) is 6.07 Å². The lowest BCUT2D eigenvalue weighted by Gasteiger charge is -2.27. The van der Waals surface area contributed by atoms with Gasteiger partial charge in [0.05, 0.1) is 22.8 Å². The van der Waals surface area contributed by atoms with E-state index < -0.39 is 25.9 Å². The summed E-state index contributed by atoms with van der Waals surface area (Å²) < 4.78 is 63.8. The fourth-order valence-electron chi connectivity index (χ4n) is 4.00. The van der Waals surface area contributed by atoms with Crippen molar-refractivity contribution in [1.29, 1.82) is 0 Å². The van der Waals surface area contributed by atoms with Gasteiger partial charge in [0.15, 0.2) is 0 Å². The SMILES string of the molecule is Cc1c(O)n(-c2ccc(S(=O)(=O)C(F)(F)F)cc2)c(=O)n1Cc1ccnc(N2CCCCC2)c1. The number of aromatic nitrogens is 3. The van der Waals surface area contributed by atoms with E-state index in [1.54, 1.807) is 19.2 Å². The molecule has 0 amide bonds. The molecule has 1 fully saturated rings. The highest BCUT2D eigenvalue weighted by Crippen LogP contribution is 2.31. The normalized spacial score (nSPS) is 15.0. The van der Waals surface area contributed by atoms with Crippen LogP contribution >= 0.6 is 0 Å². The molecule has 1 aliphatic rings. The van der Waals surface area contributed by atoms with Crippen LogP contribution in [0.15, 0.2) is 52.3 Å². The first-order valence-electron chi connectivity index (χ1n) is 10.6. The van der Waals surface area contributed by atoms with E-state index in [4.69, 9.17) is 0 Å². The van der Waals surface area contributed by atoms with Gasteiger partial charge in [-0.2, -0.15) is 13.2 Å². The van der Waals surface area contributed by atoms with Crippen LogP contribution in [0, 0.1) is 6.92 Å². The zero-order chi connectivity index (χ0) is 24.7. The third-order valence-electron chi connectivity index (χ3n) is 5.90.